The predicted molar refractivity (Wildman–Crippen MR) is 73.5 cm³/mol. The van der Waals surface area contributed by atoms with Gasteiger partial charge in [0.05, 0.1) is 0 Å². The van der Waals surface area contributed by atoms with Crippen molar-refractivity contribution in [2.75, 3.05) is 21.3 Å². The van der Waals surface area contributed by atoms with Crippen LogP contribution in [-0.4, -0.2) is 69.4 Å². The van der Waals surface area contributed by atoms with Crippen molar-refractivity contribution in [3.05, 3.63) is 0 Å². The summed E-state index contributed by atoms with van der Waals surface area (Å²) in [6.45, 7) is 0. The molecule has 1 rings (SSSR count). The maximum Gasteiger partial charge on any atom is 0.500 e. The lowest BCUT2D eigenvalue weighted by Gasteiger charge is -2.26. The van der Waals surface area contributed by atoms with Gasteiger partial charge in [-0.15, -0.1) is 0 Å². The second kappa shape index (κ2) is 8.83. The second-order valence-electron chi connectivity index (χ2n) is 3.36. The smallest absolute Gasteiger partial charge is 0.425 e. The van der Waals surface area contributed by atoms with E-state index in [9.17, 15) is 0 Å². The van der Waals surface area contributed by atoms with Gasteiger partial charge in [0.15, 0.2) is 0 Å². The zero-order chi connectivity index (χ0) is 12.6. The molecule has 0 aromatic rings. The Morgan fingerprint density at radius 3 is 1.94 bits per heavy atom. The molecule has 0 aromatic heterocycles. The van der Waals surface area contributed by atoms with Crippen LogP contribution in [0.5, 0.6) is 0 Å². The molecule has 7 nitrogen and oxygen atoms in total. The minimum atomic E-state index is -2.50. The molecular weight excluding hydrogens is 312 g/mol. The van der Waals surface area contributed by atoms with Crippen LogP contribution in [0.3, 0.4) is 0 Å². The summed E-state index contributed by atoms with van der Waals surface area (Å²) in [7, 11) is -1.89. The van der Waals surface area contributed by atoms with E-state index in [1.807, 2.05) is 0 Å². The normalized spacial score (nSPS) is 27.4. The Labute approximate surface area is 111 Å². The van der Waals surface area contributed by atoms with Crippen molar-refractivity contribution in [1.82, 2.24) is 0 Å². The van der Waals surface area contributed by atoms with E-state index in [0.29, 0.717) is 6.04 Å². The highest BCUT2D eigenvalue weighted by Gasteiger charge is 2.38. The Morgan fingerprint density at radius 1 is 0.941 bits per heavy atom. The zero-order valence-electron chi connectivity index (χ0n) is 10.5. The number of rotatable bonds is 6. The van der Waals surface area contributed by atoms with Crippen LogP contribution in [-0.2, 0) is 29.7 Å². The van der Waals surface area contributed by atoms with Crippen molar-refractivity contribution in [2.24, 2.45) is 0 Å². The van der Waals surface area contributed by atoms with E-state index in [-0.39, 0.29) is 0 Å². The van der Waals surface area contributed by atoms with E-state index in [4.69, 9.17) is 29.7 Å². The molecule has 1 aliphatic heterocycles. The van der Waals surface area contributed by atoms with Gasteiger partial charge < -0.3 is 29.7 Å². The third kappa shape index (κ3) is 5.53. The van der Waals surface area contributed by atoms with Gasteiger partial charge in [-0.05, 0) is 6.04 Å². The average Bonchev–Trinajstić information content (AvgIpc) is 2.33. The van der Waals surface area contributed by atoms with Crippen LogP contribution in [0.4, 0.5) is 0 Å². The second-order valence-corrected chi connectivity index (χ2v) is 14.5. The molecule has 0 aromatic carbocycles. The summed E-state index contributed by atoms with van der Waals surface area (Å²) in [6.07, 6.45) is 0. The van der Waals surface area contributed by atoms with Gasteiger partial charge in [0.2, 0.25) is 0 Å². The maximum atomic E-state index is 5.69. The summed E-state index contributed by atoms with van der Waals surface area (Å²) in [5.74, 6) is 0. The predicted octanol–water partition coefficient (Wildman–Crippen LogP) is -2.84. The quantitative estimate of drug-likeness (QED) is 0.486. The van der Waals surface area contributed by atoms with Crippen molar-refractivity contribution in [3.63, 3.8) is 0 Å². The molecule has 0 radical (unpaired) electrons. The lowest BCUT2D eigenvalue weighted by Crippen LogP contribution is -2.44. The first kappa shape index (κ1) is 15.9. The van der Waals surface area contributed by atoms with Crippen LogP contribution in [0.25, 0.3) is 0 Å². The monoisotopic (exact) mass is 332 g/mol. The number of hydrogen-bond donors (Lipinski definition) is 0. The van der Waals surface area contributed by atoms with Crippen molar-refractivity contribution < 1.29 is 29.7 Å². The first-order chi connectivity index (χ1) is 8.26. The molecular formula is C5H20O7Si5. The lowest BCUT2D eigenvalue weighted by molar-refractivity contribution is 0.124. The van der Waals surface area contributed by atoms with E-state index in [0.717, 1.165) is 6.04 Å². The molecule has 1 fully saturated rings. The van der Waals surface area contributed by atoms with Gasteiger partial charge in [-0.25, -0.2) is 0 Å². The fraction of sp³-hybridized carbons (Fsp3) is 1.00. The Balaban J connectivity index is 2.35. The summed E-state index contributed by atoms with van der Waals surface area (Å²) in [6, 6.07) is 1.53. The molecule has 0 unspecified atom stereocenters. The standard InChI is InChI=1S/C5H20O7Si5/c1-6-17(7-2,8-3)5-4-16-11-14-9-13-10-15-12-16/h16H,4-5,13-15H2,1-3H3. The average molecular weight is 333 g/mol. The molecule has 0 saturated carbocycles. The van der Waals surface area contributed by atoms with Crippen LogP contribution in [0.15, 0.2) is 0 Å². The zero-order valence-corrected chi connectivity index (χ0v) is 16.9. The fourth-order valence-electron chi connectivity index (χ4n) is 1.44. The Kier molecular flexibility index (Phi) is 8.24. The summed E-state index contributed by atoms with van der Waals surface area (Å²) in [4.78, 5) is 0. The van der Waals surface area contributed by atoms with Gasteiger partial charge in [0, 0.05) is 27.4 Å². The van der Waals surface area contributed by atoms with Gasteiger partial charge in [0.25, 0.3) is 30.0 Å². The molecule has 0 spiro atoms. The third-order valence-electron chi connectivity index (χ3n) is 2.46. The molecule has 17 heavy (non-hydrogen) atoms. The Bertz CT molecular complexity index is 189. The summed E-state index contributed by atoms with van der Waals surface area (Å²) in [5, 5.41) is 0. The minimum Gasteiger partial charge on any atom is -0.425 e. The first-order valence-corrected chi connectivity index (χ1v) is 12.5. The first-order valence-electron chi connectivity index (χ1n) is 5.30. The molecule has 0 N–H and O–H groups in total. The molecule has 1 heterocycles. The molecule has 1 saturated heterocycles. The van der Waals surface area contributed by atoms with Crippen LogP contribution in [0.2, 0.25) is 12.1 Å². The van der Waals surface area contributed by atoms with E-state index in [1.165, 1.54) is 0 Å². The maximum absolute atomic E-state index is 5.69. The van der Waals surface area contributed by atoms with Gasteiger partial charge in [0.1, 0.15) is 0 Å². The van der Waals surface area contributed by atoms with Crippen molar-refractivity contribution >= 4 is 48.1 Å². The molecule has 1 aliphatic rings. The minimum absolute atomic E-state index is 0.716. The van der Waals surface area contributed by atoms with Crippen LogP contribution < -0.4 is 0 Å². The van der Waals surface area contributed by atoms with Gasteiger partial charge in [-0.1, -0.05) is 0 Å². The van der Waals surface area contributed by atoms with Gasteiger partial charge in [-0.2, -0.15) is 0 Å². The lowest BCUT2D eigenvalue weighted by atomic mass is 11.0. The summed E-state index contributed by atoms with van der Waals surface area (Å²) in [5.41, 5.74) is 0. The molecule has 0 atom stereocenters. The Hall–Kier alpha value is 0.804. The molecule has 12 heteroatoms. The van der Waals surface area contributed by atoms with Gasteiger partial charge >= 0.3 is 18.1 Å². The van der Waals surface area contributed by atoms with E-state index < -0.39 is 48.1 Å². The summed E-state index contributed by atoms with van der Waals surface area (Å²) >= 11 is 0. The molecule has 0 bridgehead atoms. The SMILES string of the molecule is CO[Si](CC[SiH]1O[SiH2]O[SiH2]O[SiH2]O1)(OC)OC. The number of hydrogen-bond acceptors (Lipinski definition) is 7. The highest BCUT2D eigenvalue weighted by atomic mass is 28.4. The van der Waals surface area contributed by atoms with Gasteiger partial charge in [-0.3, -0.25) is 0 Å². The van der Waals surface area contributed by atoms with Crippen molar-refractivity contribution in [1.29, 1.82) is 0 Å². The molecule has 102 valence electrons. The summed E-state index contributed by atoms with van der Waals surface area (Å²) < 4.78 is 38.2. The van der Waals surface area contributed by atoms with E-state index in [2.05, 4.69) is 0 Å². The Morgan fingerprint density at radius 2 is 1.47 bits per heavy atom. The molecule has 0 amide bonds. The topological polar surface area (TPSA) is 64.6 Å². The largest absolute Gasteiger partial charge is 0.500 e. The van der Waals surface area contributed by atoms with Crippen LogP contribution in [0, 0.1) is 0 Å². The van der Waals surface area contributed by atoms with Crippen molar-refractivity contribution in [3.8, 4) is 0 Å². The van der Waals surface area contributed by atoms with E-state index >= 15 is 0 Å². The fourth-order valence-corrected chi connectivity index (χ4v) is 13.3. The highest BCUT2D eigenvalue weighted by molar-refractivity contribution is 6.65. The highest BCUT2D eigenvalue weighted by Crippen LogP contribution is 2.17. The van der Waals surface area contributed by atoms with E-state index in [1.54, 1.807) is 21.3 Å². The van der Waals surface area contributed by atoms with Crippen LogP contribution in [0.1, 0.15) is 0 Å². The molecule has 0 aliphatic carbocycles. The van der Waals surface area contributed by atoms with Crippen molar-refractivity contribution in [2.45, 2.75) is 12.1 Å². The third-order valence-corrected chi connectivity index (χ3v) is 13.3. The van der Waals surface area contributed by atoms with Crippen LogP contribution >= 0.6 is 0 Å².